The number of aromatic nitrogens is 1. The number of pyridine rings is 1. The van der Waals surface area contributed by atoms with Gasteiger partial charge in [-0.3, -0.25) is 4.79 Å². The van der Waals surface area contributed by atoms with Gasteiger partial charge in [-0.05, 0) is 30.0 Å². The van der Waals surface area contributed by atoms with Crippen LogP contribution in [0.1, 0.15) is 49.5 Å². The summed E-state index contributed by atoms with van der Waals surface area (Å²) in [5.74, 6) is 0.185. The molecule has 2 N–H and O–H groups in total. The quantitative estimate of drug-likeness (QED) is 0.445. The highest BCUT2D eigenvalue weighted by molar-refractivity contribution is 6.33. The highest BCUT2D eigenvalue weighted by Gasteiger charge is 2.18. The zero-order valence-corrected chi connectivity index (χ0v) is 17.0. The molecule has 0 radical (unpaired) electrons. The number of fused-ring (bicyclic) bond motifs is 1. The molecular weight excluding hydrogens is 370 g/mol. The van der Waals surface area contributed by atoms with Crippen molar-refractivity contribution < 1.29 is 4.79 Å². The Bertz CT molecular complexity index is 957. The summed E-state index contributed by atoms with van der Waals surface area (Å²) in [5, 5.41) is 2.57. The molecule has 3 rings (SSSR count). The molecule has 3 aromatic rings. The van der Waals surface area contributed by atoms with Crippen LogP contribution in [0.3, 0.4) is 0 Å². The number of amides is 1. The van der Waals surface area contributed by atoms with Gasteiger partial charge in [0.1, 0.15) is 11.5 Å². The van der Waals surface area contributed by atoms with Crippen LogP contribution in [0.25, 0.3) is 10.8 Å². The number of carbonyl (C=O) groups excluding carboxylic acids is 1. The number of hydrogen-bond acceptors (Lipinski definition) is 3. The smallest absolute Gasteiger partial charge is 0.267 e. The Morgan fingerprint density at radius 2 is 1.75 bits per heavy atom. The molecule has 0 aliphatic heterocycles. The number of nitrogens with two attached hydrogens (primary N) is 1. The number of nitrogens with zero attached hydrogens (tertiary/aromatic N) is 2. The molecule has 0 bridgehead atoms. The molecule has 0 unspecified atom stereocenters. The Hall–Kier alpha value is -2.59. The van der Waals surface area contributed by atoms with Crippen LogP contribution in [0.2, 0.25) is 5.02 Å². The van der Waals surface area contributed by atoms with Crippen molar-refractivity contribution >= 4 is 39.8 Å². The van der Waals surface area contributed by atoms with E-state index in [0.717, 1.165) is 41.7 Å². The predicted molar refractivity (Wildman–Crippen MR) is 117 cm³/mol. The summed E-state index contributed by atoms with van der Waals surface area (Å²) in [6.07, 6.45) is 5.82. The molecule has 0 aliphatic rings. The van der Waals surface area contributed by atoms with E-state index < -0.39 is 5.91 Å². The van der Waals surface area contributed by atoms with Crippen LogP contribution in [0.4, 0.5) is 11.5 Å². The van der Waals surface area contributed by atoms with E-state index in [1.807, 2.05) is 48.5 Å². The van der Waals surface area contributed by atoms with E-state index >= 15 is 0 Å². The summed E-state index contributed by atoms with van der Waals surface area (Å²) >= 11 is 6.52. The standard InChI is InChI=1S/C23H26ClN3O/c1-2-3-4-5-10-15-27(21-14-9-8-13-19(21)24)23-18-12-7-6-11-17(18)16-20(26-23)22(25)28/h6-9,11-14,16H,2-5,10,15H2,1H3,(H2,25,28). The van der Waals surface area contributed by atoms with Gasteiger partial charge in [-0.15, -0.1) is 0 Å². The van der Waals surface area contributed by atoms with Crippen molar-refractivity contribution in [2.45, 2.75) is 39.0 Å². The minimum Gasteiger partial charge on any atom is -0.364 e. The average Bonchev–Trinajstić information content (AvgIpc) is 2.71. The second-order valence-electron chi connectivity index (χ2n) is 6.93. The highest BCUT2D eigenvalue weighted by atomic mass is 35.5. The number of anilines is 2. The van der Waals surface area contributed by atoms with Gasteiger partial charge in [0, 0.05) is 11.9 Å². The van der Waals surface area contributed by atoms with Crippen molar-refractivity contribution in [2.24, 2.45) is 5.73 Å². The third-order valence-corrected chi connectivity index (χ3v) is 5.18. The zero-order valence-electron chi connectivity index (χ0n) is 16.2. The molecule has 4 nitrogen and oxygen atoms in total. The van der Waals surface area contributed by atoms with Gasteiger partial charge in [0.25, 0.3) is 5.91 Å². The van der Waals surface area contributed by atoms with Gasteiger partial charge < -0.3 is 10.6 Å². The van der Waals surface area contributed by atoms with E-state index in [-0.39, 0.29) is 5.69 Å². The first-order chi connectivity index (χ1) is 13.6. The summed E-state index contributed by atoms with van der Waals surface area (Å²) in [5.41, 5.74) is 6.70. The van der Waals surface area contributed by atoms with Crippen molar-refractivity contribution in [1.82, 2.24) is 4.98 Å². The molecule has 0 saturated carbocycles. The number of unbranched alkanes of at least 4 members (excludes halogenated alkanes) is 4. The maximum Gasteiger partial charge on any atom is 0.267 e. The Balaban J connectivity index is 2.06. The average molecular weight is 396 g/mol. The molecule has 0 saturated heterocycles. The van der Waals surface area contributed by atoms with Crippen molar-refractivity contribution in [3.05, 3.63) is 65.3 Å². The van der Waals surface area contributed by atoms with Gasteiger partial charge in [-0.1, -0.05) is 80.6 Å². The monoisotopic (exact) mass is 395 g/mol. The molecular formula is C23H26ClN3O. The van der Waals surface area contributed by atoms with Crippen LogP contribution in [-0.4, -0.2) is 17.4 Å². The topological polar surface area (TPSA) is 59.2 Å². The van der Waals surface area contributed by atoms with Gasteiger partial charge >= 0.3 is 0 Å². The lowest BCUT2D eigenvalue weighted by molar-refractivity contribution is 0.0996. The van der Waals surface area contributed by atoms with Gasteiger partial charge in [0.2, 0.25) is 0 Å². The zero-order chi connectivity index (χ0) is 19.9. The first-order valence-electron chi connectivity index (χ1n) is 9.83. The lowest BCUT2D eigenvalue weighted by Crippen LogP contribution is -2.22. The SMILES string of the molecule is CCCCCCCN(c1ccccc1Cl)c1nc(C(N)=O)cc2ccccc12. The van der Waals surface area contributed by atoms with E-state index in [0.29, 0.717) is 5.02 Å². The van der Waals surface area contributed by atoms with E-state index in [1.165, 1.54) is 19.3 Å². The number of carbonyl (C=O) groups is 1. The van der Waals surface area contributed by atoms with Gasteiger partial charge in [0.05, 0.1) is 10.7 Å². The predicted octanol–water partition coefficient (Wildman–Crippen LogP) is 6.10. The summed E-state index contributed by atoms with van der Waals surface area (Å²) in [4.78, 5) is 18.6. The summed E-state index contributed by atoms with van der Waals surface area (Å²) in [6, 6.07) is 17.4. The number of para-hydroxylation sites is 1. The molecule has 1 amide bonds. The molecule has 1 heterocycles. The molecule has 0 spiro atoms. The van der Waals surface area contributed by atoms with Crippen LogP contribution >= 0.6 is 11.6 Å². The van der Waals surface area contributed by atoms with E-state index in [4.69, 9.17) is 17.3 Å². The lowest BCUT2D eigenvalue weighted by atomic mass is 10.1. The molecule has 1 aromatic heterocycles. The maximum atomic E-state index is 11.9. The van der Waals surface area contributed by atoms with E-state index in [1.54, 1.807) is 6.07 Å². The minimum atomic E-state index is -0.533. The van der Waals surface area contributed by atoms with Crippen molar-refractivity contribution in [2.75, 3.05) is 11.4 Å². The normalized spacial score (nSPS) is 10.9. The van der Waals surface area contributed by atoms with Crippen molar-refractivity contribution in [3.63, 3.8) is 0 Å². The van der Waals surface area contributed by atoms with Crippen LogP contribution in [0.5, 0.6) is 0 Å². The van der Waals surface area contributed by atoms with E-state index in [9.17, 15) is 4.79 Å². The fourth-order valence-electron chi connectivity index (χ4n) is 3.40. The van der Waals surface area contributed by atoms with E-state index in [2.05, 4.69) is 16.8 Å². The van der Waals surface area contributed by atoms with Gasteiger partial charge in [-0.25, -0.2) is 4.98 Å². The largest absolute Gasteiger partial charge is 0.364 e. The Morgan fingerprint density at radius 3 is 2.50 bits per heavy atom. The summed E-state index contributed by atoms with van der Waals surface area (Å²) < 4.78 is 0. The minimum absolute atomic E-state index is 0.261. The van der Waals surface area contributed by atoms with Gasteiger partial charge in [-0.2, -0.15) is 0 Å². The third-order valence-electron chi connectivity index (χ3n) is 4.86. The van der Waals surface area contributed by atoms with Gasteiger partial charge in [0.15, 0.2) is 0 Å². The van der Waals surface area contributed by atoms with Crippen molar-refractivity contribution in [3.8, 4) is 0 Å². The van der Waals surface area contributed by atoms with Crippen LogP contribution < -0.4 is 10.6 Å². The maximum absolute atomic E-state index is 11.9. The molecule has 5 heteroatoms. The second-order valence-corrected chi connectivity index (χ2v) is 7.34. The molecule has 0 aliphatic carbocycles. The molecule has 28 heavy (non-hydrogen) atoms. The van der Waals surface area contributed by atoms with Crippen LogP contribution in [0, 0.1) is 0 Å². The Morgan fingerprint density at radius 1 is 1.04 bits per heavy atom. The van der Waals surface area contributed by atoms with Crippen LogP contribution in [-0.2, 0) is 0 Å². The highest BCUT2D eigenvalue weighted by Crippen LogP contribution is 2.35. The fourth-order valence-corrected chi connectivity index (χ4v) is 3.63. The Labute approximate surface area is 171 Å². The molecule has 0 atom stereocenters. The first kappa shape index (κ1) is 20.2. The summed E-state index contributed by atoms with van der Waals surface area (Å²) in [6.45, 7) is 2.98. The molecule has 146 valence electrons. The molecule has 2 aromatic carbocycles. The second kappa shape index (κ2) is 9.56. The number of benzene rings is 2. The number of halogens is 1. The van der Waals surface area contributed by atoms with Crippen molar-refractivity contribution in [1.29, 1.82) is 0 Å². The number of rotatable bonds is 9. The summed E-state index contributed by atoms with van der Waals surface area (Å²) in [7, 11) is 0. The Kier molecular flexibility index (Phi) is 6.88. The lowest BCUT2D eigenvalue weighted by Gasteiger charge is -2.26. The van der Waals surface area contributed by atoms with Crippen LogP contribution in [0.15, 0.2) is 54.6 Å². The number of primary amides is 1. The third kappa shape index (κ3) is 4.63. The number of hydrogen-bond donors (Lipinski definition) is 1. The fraction of sp³-hybridized carbons (Fsp3) is 0.304. The first-order valence-corrected chi connectivity index (χ1v) is 10.2. The molecule has 0 fully saturated rings.